The molecule has 0 amide bonds. The Hall–Kier alpha value is -1.10. The second kappa shape index (κ2) is 5.95. The molecule has 1 aromatic carbocycles. The van der Waals surface area contributed by atoms with E-state index in [-0.39, 0.29) is 11.5 Å². The number of Topliss-reactive ketones (excluding diaryl/α,β-unsaturated/α-hetero) is 1. The average molecular weight is 310 g/mol. The van der Waals surface area contributed by atoms with Crippen LogP contribution in [0.2, 0.25) is 5.02 Å². The number of ether oxygens (including phenoxy) is 1. The Morgan fingerprint density at radius 2 is 2.29 bits per heavy atom. The first-order chi connectivity index (χ1) is 10.1. The molecule has 0 spiro atoms. The lowest BCUT2D eigenvalue weighted by atomic mass is 10.0. The van der Waals surface area contributed by atoms with E-state index in [1.54, 1.807) is 6.07 Å². The number of aromatic hydroxyl groups is 1. The third kappa shape index (κ3) is 2.93. The molecule has 1 N–H and O–H groups in total. The van der Waals surface area contributed by atoms with Crippen molar-refractivity contribution in [2.45, 2.75) is 44.9 Å². The van der Waals surface area contributed by atoms with Gasteiger partial charge < -0.3 is 9.84 Å². The normalized spacial score (nSPS) is 25.8. The molecule has 2 fully saturated rings. The summed E-state index contributed by atoms with van der Waals surface area (Å²) in [6, 6.07) is 3.70. The predicted octanol–water partition coefficient (Wildman–Crippen LogP) is 3.00. The number of rotatable bonds is 3. The van der Waals surface area contributed by atoms with E-state index in [1.165, 1.54) is 19.4 Å². The molecule has 1 aliphatic carbocycles. The fourth-order valence-electron chi connectivity index (χ4n) is 3.47. The van der Waals surface area contributed by atoms with E-state index in [2.05, 4.69) is 4.90 Å². The van der Waals surface area contributed by atoms with E-state index in [4.69, 9.17) is 16.3 Å². The summed E-state index contributed by atoms with van der Waals surface area (Å²) in [7, 11) is 0. The maximum Gasteiger partial charge on any atom is 0.163 e. The van der Waals surface area contributed by atoms with Crippen LogP contribution in [-0.2, 0) is 11.3 Å². The Labute approximate surface area is 129 Å². The molecule has 3 rings (SSSR count). The van der Waals surface area contributed by atoms with E-state index >= 15 is 0 Å². The topological polar surface area (TPSA) is 49.8 Å². The van der Waals surface area contributed by atoms with Gasteiger partial charge in [0.25, 0.3) is 0 Å². The minimum Gasteiger partial charge on any atom is -0.507 e. The van der Waals surface area contributed by atoms with Gasteiger partial charge in [0, 0.05) is 29.7 Å². The highest BCUT2D eigenvalue weighted by atomic mass is 35.5. The summed E-state index contributed by atoms with van der Waals surface area (Å²) < 4.78 is 5.80. The van der Waals surface area contributed by atoms with Crippen LogP contribution < -0.4 is 0 Å². The predicted molar refractivity (Wildman–Crippen MR) is 80.9 cm³/mol. The molecule has 1 saturated heterocycles. The van der Waals surface area contributed by atoms with Gasteiger partial charge in [-0.1, -0.05) is 11.6 Å². The molecule has 2 atom stereocenters. The Balaban J connectivity index is 1.85. The summed E-state index contributed by atoms with van der Waals surface area (Å²) in [5, 5.41) is 10.8. The second-order valence-corrected chi connectivity index (χ2v) is 6.33. The Morgan fingerprint density at radius 3 is 3.05 bits per heavy atom. The number of halogens is 1. The number of phenols is 1. The summed E-state index contributed by atoms with van der Waals surface area (Å²) >= 11 is 6.09. The number of hydrogen-bond acceptors (Lipinski definition) is 4. The van der Waals surface area contributed by atoms with Gasteiger partial charge in [0.15, 0.2) is 5.78 Å². The number of nitrogens with zero attached hydrogens (tertiary/aromatic N) is 1. The average Bonchev–Trinajstić information content (AvgIpc) is 2.91. The van der Waals surface area contributed by atoms with E-state index in [0.29, 0.717) is 29.3 Å². The van der Waals surface area contributed by atoms with Crippen LogP contribution >= 0.6 is 11.6 Å². The van der Waals surface area contributed by atoms with E-state index in [9.17, 15) is 9.90 Å². The van der Waals surface area contributed by atoms with Gasteiger partial charge in [0.2, 0.25) is 0 Å². The van der Waals surface area contributed by atoms with Gasteiger partial charge in [-0.05, 0) is 38.3 Å². The highest BCUT2D eigenvalue weighted by Crippen LogP contribution is 2.34. The molecule has 1 heterocycles. The number of carbonyl (C=O) groups is 1. The van der Waals surface area contributed by atoms with Crippen molar-refractivity contribution in [1.29, 1.82) is 0 Å². The quantitative estimate of drug-likeness (QED) is 0.872. The number of hydrogen-bond donors (Lipinski definition) is 1. The van der Waals surface area contributed by atoms with Gasteiger partial charge in [-0.15, -0.1) is 0 Å². The highest BCUT2D eigenvalue weighted by molar-refractivity contribution is 6.31. The van der Waals surface area contributed by atoms with E-state index in [1.807, 2.05) is 0 Å². The van der Waals surface area contributed by atoms with Crippen molar-refractivity contribution in [3.63, 3.8) is 0 Å². The van der Waals surface area contributed by atoms with Crippen LogP contribution in [-0.4, -0.2) is 41.1 Å². The van der Waals surface area contributed by atoms with Crippen LogP contribution in [0.5, 0.6) is 5.75 Å². The zero-order chi connectivity index (χ0) is 15.0. The minimum absolute atomic E-state index is 0.0629. The van der Waals surface area contributed by atoms with Gasteiger partial charge in [-0.25, -0.2) is 0 Å². The second-order valence-electron chi connectivity index (χ2n) is 5.90. The van der Waals surface area contributed by atoms with Crippen LogP contribution in [0.1, 0.15) is 42.1 Å². The SMILES string of the molecule is CC(=O)c1cc(Cl)cc(CN2CCOC3CCCC32)c1O. The number of phenolic OH excluding ortho intramolecular Hbond substituents is 1. The molecule has 0 aromatic heterocycles. The first-order valence-corrected chi connectivity index (χ1v) is 7.82. The van der Waals surface area contributed by atoms with Gasteiger partial charge in [-0.3, -0.25) is 9.69 Å². The van der Waals surface area contributed by atoms with Crippen LogP contribution in [0.4, 0.5) is 0 Å². The largest absolute Gasteiger partial charge is 0.507 e. The number of morpholine rings is 1. The molecule has 0 radical (unpaired) electrons. The molecular weight excluding hydrogens is 290 g/mol. The first-order valence-electron chi connectivity index (χ1n) is 7.44. The molecule has 1 aliphatic heterocycles. The van der Waals surface area contributed by atoms with Crippen molar-refractivity contribution in [3.05, 3.63) is 28.3 Å². The monoisotopic (exact) mass is 309 g/mol. The molecule has 114 valence electrons. The summed E-state index contributed by atoms with van der Waals surface area (Å²) in [5.74, 6) is -0.107. The van der Waals surface area contributed by atoms with E-state index in [0.717, 1.165) is 31.6 Å². The molecule has 4 nitrogen and oxygen atoms in total. The van der Waals surface area contributed by atoms with Crippen molar-refractivity contribution in [1.82, 2.24) is 4.90 Å². The Morgan fingerprint density at radius 1 is 1.48 bits per heavy atom. The van der Waals surface area contributed by atoms with Crippen LogP contribution in [0, 0.1) is 0 Å². The maximum absolute atomic E-state index is 11.6. The van der Waals surface area contributed by atoms with Crippen LogP contribution in [0.25, 0.3) is 0 Å². The molecule has 21 heavy (non-hydrogen) atoms. The fraction of sp³-hybridized carbons (Fsp3) is 0.562. The van der Waals surface area contributed by atoms with Gasteiger partial charge >= 0.3 is 0 Å². The molecule has 2 unspecified atom stereocenters. The first kappa shape index (κ1) is 14.8. The van der Waals surface area contributed by atoms with Gasteiger partial charge in [-0.2, -0.15) is 0 Å². The van der Waals surface area contributed by atoms with Crippen molar-refractivity contribution >= 4 is 17.4 Å². The fourth-order valence-corrected chi connectivity index (χ4v) is 3.71. The third-order valence-corrected chi connectivity index (χ3v) is 4.72. The maximum atomic E-state index is 11.6. The van der Waals surface area contributed by atoms with Gasteiger partial charge in [0.1, 0.15) is 5.75 Å². The summed E-state index contributed by atoms with van der Waals surface area (Å²) in [6.07, 6.45) is 3.74. The number of ketones is 1. The summed E-state index contributed by atoms with van der Waals surface area (Å²) in [6.45, 7) is 3.62. The number of fused-ring (bicyclic) bond motifs is 1. The zero-order valence-corrected chi connectivity index (χ0v) is 12.9. The van der Waals surface area contributed by atoms with Crippen LogP contribution in [0.15, 0.2) is 12.1 Å². The van der Waals surface area contributed by atoms with Gasteiger partial charge in [0.05, 0.1) is 18.3 Å². The lowest BCUT2D eigenvalue weighted by Crippen LogP contribution is -2.47. The molecule has 1 saturated carbocycles. The third-order valence-electron chi connectivity index (χ3n) is 4.50. The highest BCUT2D eigenvalue weighted by Gasteiger charge is 2.36. The molecule has 1 aromatic rings. The van der Waals surface area contributed by atoms with Crippen molar-refractivity contribution in [2.24, 2.45) is 0 Å². The lowest BCUT2D eigenvalue weighted by Gasteiger charge is -2.37. The smallest absolute Gasteiger partial charge is 0.163 e. The van der Waals surface area contributed by atoms with Crippen molar-refractivity contribution in [2.75, 3.05) is 13.2 Å². The molecular formula is C16H20ClNO3. The summed E-state index contributed by atoms with van der Waals surface area (Å²) in [4.78, 5) is 13.9. The molecule has 2 aliphatic rings. The minimum atomic E-state index is -0.169. The summed E-state index contributed by atoms with van der Waals surface area (Å²) in [5.41, 5.74) is 1.02. The van der Waals surface area contributed by atoms with Crippen LogP contribution in [0.3, 0.4) is 0 Å². The van der Waals surface area contributed by atoms with Crippen molar-refractivity contribution < 1.29 is 14.6 Å². The Kier molecular flexibility index (Phi) is 4.20. The number of carbonyl (C=O) groups excluding carboxylic acids is 1. The lowest BCUT2D eigenvalue weighted by molar-refractivity contribution is -0.0590. The zero-order valence-electron chi connectivity index (χ0n) is 12.1. The van der Waals surface area contributed by atoms with E-state index < -0.39 is 0 Å². The molecule has 5 heteroatoms. The standard InChI is InChI=1S/C16H20ClNO3/c1-10(19)13-8-12(17)7-11(16(13)20)9-18-5-6-21-15-4-2-3-14(15)18/h7-8,14-15,20H,2-6,9H2,1H3. The Bertz CT molecular complexity index is 561. The molecule has 0 bridgehead atoms. The number of benzene rings is 1. The van der Waals surface area contributed by atoms with Crippen molar-refractivity contribution in [3.8, 4) is 5.75 Å².